The third-order valence-corrected chi connectivity index (χ3v) is 4.23. The fourth-order valence-corrected chi connectivity index (χ4v) is 2.86. The molecule has 1 unspecified atom stereocenters. The van der Waals surface area contributed by atoms with Crippen LogP contribution in [0.4, 0.5) is 0 Å². The number of nitrogens with zero attached hydrogens (tertiary/aromatic N) is 1. The van der Waals surface area contributed by atoms with Gasteiger partial charge in [0.1, 0.15) is 0 Å². The van der Waals surface area contributed by atoms with Crippen LogP contribution in [0.5, 0.6) is 0 Å². The van der Waals surface area contributed by atoms with Crippen molar-refractivity contribution in [2.45, 2.75) is 45.1 Å². The molecule has 1 atom stereocenters. The molecule has 1 heterocycles. The van der Waals surface area contributed by atoms with Gasteiger partial charge in [0.05, 0.1) is 5.60 Å². The van der Waals surface area contributed by atoms with Crippen molar-refractivity contribution in [1.82, 2.24) is 4.90 Å². The fourth-order valence-electron chi connectivity index (χ4n) is 2.86. The molecule has 1 saturated heterocycles. The van der Waals surface area contributed by atoms with Gasteiger partial charge in [-0.15, -0.1) is 0 Å². The maximum Gasteiger partial charge on any atom is 0.0909 e. The number of aliphatic hydroxyl groups is 1. The summed E-state index contributed by atoms with van der Waals surface area (Å²) < 4.78 is 0. The quantitative estimate of drug-likeness (QED) is 0.887. The van der Waals surface area contributed by atoms with E-state index in [9.17, 15) is 5.11 Å². The highest BCUT2D eigenvalue weighted by Crippen LogP contribution is 2.33. The smallest absolute Gasteiger partial charge is 0.0909 e. The molecule has 1 aromatic rings. The van der Waals surface area contributed by atoms with Crippen molar-refractivity contribution < 1.29 is 5.11 Å². The van der Waals surface area contributed by atoms with Crippen molar-refractivity contribution in [2.24, 2.45) is 0 Å². The molecule has 0 saturated carbocycles. The minimum Gasteiger partial charge on any atom is -0.385 e. The molecule has 2 heteroatoms. The second-order valence-corrected chi connectivity index (χ2v) is 5.37. The predicted molar refractivity (Wildman–Crippen MR) is 75.7 cm³/mol. The Bertz CT molecular complexity index is 390. The first kappa shape index (κ1) is 13.6. The minimum absolute atomic E-state index is 0.616. The number of aryl methyl sites for hydroxylation is 1. The molecule has 2 nitrogen and oxygen atoms in total. The van der Waals surface area contributed by atoms with Gasteiger partial charge in [0, 0.05) is 6.54 Å². The van der Waals surface area contributed by atoms with Crippen LogP contribution in [0, 0.1) is 0 Å². The lowest BCUT2D eigenvalue weighted by Gasteiger charge is -2.28. The summed E-state index contributed by atoms with van der Waals surface area (Å²) in [7, 11) is 0. The van der Waals surface area contributed by atoms with Crippen molar-refractivity contribution in [1.29, 1.82) is 0 Å². The van der Waals surface area contributed by atoms with Crippen LogP contribution >= 0.6 is 0 Å². The molecule has 1 N–H and O–H groups in total. The molecule has 2 rings (SSSR count). The van der Waals surface area contributed by atoms with E-state index in [0.29, 0.717) is 0 Å². The summed E-state index contributed by atoms with van der Waals surface area (Å²) in [6.45, 7) is 7.57. The van der Waals surface area contributed by atoms with Crippen LogP contribution in [0.25, 0.3) is 0 Å². The monoisotopic (exact) mass is 247 g/mol. The lowest BCUT2D eigenvalue weighted by molar-refractivity contribution is 0.0213. The fraction of sp³-hybridized carbons (Fsp3) is 0.625. The highest BCUT2D eigenvalue weighted by Gasteiger charge is 2.31. The normalized spacial score (nSPS) is 25.9. The maximum absolute atomic E-state index is 10.9. The minimum atomic E-state index is -0.616. The summed E-state index contributed by atoms with van der Waals surface area (Å²) >= 11 is 0. The maximum atomic E-state index is 10.9. The first-order chi connectivity index (χ1) is 8.68. The van der Waals surface area contributed by atoms with E-state index in [1.165, 1.54) is 5.56 Å². The number of hydrogen-bond donors (Lipinski definition) is 1. The van der Waals surface area contributed by atoms with E-state index in [2.05, 4.69) is 43.0 Å². The van der Waals surface area contributed by atoms with Gasteiger partial charge in [-0.25, -0.2) is 0 Å². The lowest BCUT2D eigenvalue weighted by atomic mass is 9.86. The Morgan fingerprint density at radius 2 is 2.06 bits per heavy atom. The number of benzene rings is 1. The Balaban J connectivity index is 2.18. The van der Waals surface area contributed by atoms with Crippen LogP contribution in [0.3, 0.4) is 0 Å². The van der Waals surface area contributed by atoms with Crippen molar-refractivity contribution in [3.8, 4) is 0 Å². The third kappa shape index (κ3) is 2.93. The Morgan fingerprint density at radius 3 is 2.78 bits per heavy atom. The Labute approximate surface area is 111 Å². The van der Waals surface area contributed by atoms with E-state index in [1.54, 1.807) is 0 Å². The molecule has 0 bridgehead atoms. The molecule has 1 aromatic carbocycles. The van der Waals surface area contributed by atoms with Gasteiger partial charge in [-0.05, 0) is 49.9 Å². The summed E-state index contributed by atoms with van der Waals surface area (Å²) in [5, 5.41) is 10.9. The molecule has 1 fully saturated rings. The molecular formula is C16H25NO. The molecule has 0 spiro atoms. The summed E-state index contributed by atoms with van der Waals surface area (Å²) in [5.41, 5.74) is 1.81. The molecule has 1 aliphatic rings. The van der Waals surface area contributed by atoms with Crippen LogP contribution in [0.2, 0.25) is 0 Å². The number of hydrogen-bond acceptors (Lipinski definition) is 2. The zero-order valence-electron chi connectivity index (χ0n) is 11.7. The lowest BCUT2D eigenvalue weighted by Crippen LogP contribution is -2.29. The molecule has 0 amide bonds. The van der Waals surface area contributed by atoms with Crippen LogP contribution in [-0.4, -0.2) is 29.6 Å². The van der Waals surface area contributed by atoms with Gasteiger partial charge in [-0.2, -0.15) is 0 Å². The molecular weight excluding hydrogens is 222 g/mol. The first-order valence-electron chi connectivity index (χ1n) is 7.22. The molecule has 100 valence electrons. The second-order valence-electron chi connectivity index (χ2n) is 5.37. The van der Waals surface area contributed by atoms with E-state index in [1.807, 2.05) is 0 Å². The standard InChI is InChI=1S/C16H25NO/c1-3-14-7-5-8-15(13-14)16(18)9-6-11-17(4-2)12-10-16/h5,7-8,13,18H,3-4,6,9-12H2,1-2H3. The average molecular weight is 247 g/mol. The predicted octanol–water partition coefficient (Wildman–Crippen LogP) is 2.94. The number of rotatable bonds is 3. The average Bonchev–Trinajstić information content (AvgIpc) is 2.61. The van der Waals surface area contributed by atoms with Gasteiger partial charge in [0.25, 0.3) is 0 Å². The summed E-state index contributed by atoms with van der Waals surface area (Å²) in [6, 6.07) is 8.49. The third-order valence-electron chi connectivity index (χ3n) is 4.23. The van der Waals surface area contributed by atoms with E-state index in [0.717, 1.165) is 50.9 Å². The van der Waals surface area contributed by atoms with Crippen LogP contribution in [0.1, 0.15) is 44.2 Å². The molecule has 18 heavy (non-hydrogen) atoms. The van der Waals surface area contributed by atoms with Gasteiger partial charge in [-0.1, -0.05) is 38.1 Å². The Hall–Kier alpha value is -0.860. The number of likely N-dealkylation sites (tertiary alicyclic amines) is 1. The van der Waals surface area contributed by atoms with Gasteiger partial charge in [-0.3, -0.25) is 0 Å². The van der Waals surface area contributed by atoms with Crippen molar-refractivity contribution >= 4 is 0 Å². The van der Waals surface area contributed by atoms with Gasteiger partial charge >= 0.3 is 0 Å². The van der Waals surface area contributed by atoms with Crippen LogP contribution < -0.4 is 0 Å². The van der Waals surface area contributed by atoms with E-state index in [4.69, 9.17) is 0 Å². The zero-order valence-corrected chi connectivity index (χ0v) is 11.7. The van der Waals surface area contributed by atoms with Crippen molar-refractivity contribution in [2.75, 3.05) is 19.6 Å². The van der Waals surface area contributed by atoms with E-state index in [-0.39, 0.29) is 0 Å². The van der Waals surface area contributed by atoms with Gasteiger partial charge in [0.15, 0.2) is 0 Å². The van der Waals surface area contributed by atoms with E-state index < -0.39 is 5.60 Å². The van der Waals surface area contributed by atoms with Crippen molar-refractivity contribution in [3.63, 3.8) is 0 Å². The first-order valence-corrected chi connectivity index (χ1v) is 7.22. The molecule has 0 radical (unpaired) electrons. The van der Waals surface area contributed by atoms with Gasteiger partial charge < -0.3 is 10.0 Å². The largest absolute Gasteiger partial charge is 0.385 e. The topological polar surface area (TPSA) is 23.5 Å². The highest BCUT2D eigenvalue weighted by atomic mass is 16.3. The SMILES string of the molecule is CCc1cccc(C2(O)CCCN(CC)CC2)c1. The van der Waals surface area contributed by atoms with E-state index >= 15 is 0 Å². The summed E-state index contributed by atoms with van der Waals surface area (Å²) in [4.78, 5) is 2.43. The Kier molecular flexibility index (Phi) is 4.41. The molecule has 1 aliphatic heterocycles. The molecule has 0 aliphatic carbocycles. The molecule has 0 aromatic heterocycles. The Morgan fingerprint density at radius 1 is 1.22 bits per heavy atom. The van der Waals surface area contributed by atoms with Crippen LogP contribution in [-0.2, 0) is 12.0 Å². The van der Waals surface area contributed by atoms with Gasteiger partial charge in [0.2, 0.25) is 0 Å². The van der Waals surface area contributed by atoms with Crippen LogP contribution in [0.15, 0.2) is 24.3 Å². The van der Waals surface area contributed by atoms with Crippen molar-refractivity contribution in [3.05, 3.63) is 35.4 Å². The summed E-state index contributed by atoms with van der Waals surface area (Å²) in [5.74, 6) is 0. The highest BCUT2D eigenvalue weighted by molar-refractivity contribution is 5.28. The summed E-state index contributed by atoms with van der Waals surface area (Å²) in [6.07, 6.45) is 3.86. The second kappa shape index (κ2) is 5.85. The zero-order chi connectivity index (χ0) is 13.0.